The maximum absolute atomic E-state index is 12.7. The van der Waals surface area contributed by atoms with Gasteiger partial charge in [0, 0.05) is 25.3 Å². The van der Waals surface area contributed by atoms with E-state index < -0.39 is 11.9 Å². The number of nitrogens with one attached hydrogen (secondary N) is 1. The molecule has 0 unspecified atom stereocenters. The largest absolute Gasteiger partial charge is 0.481 e. The molecule has 0 spiro atoms. The van der Waals surface area contributed by atoms with Gasteiger partial charge in [0.25, 0.3) is 0 Å². The summed E-state index contributed by atoms with van der Waals surface area (Å²) in [5.41, 5.74) is 0.804. The van der Waals surface area contributed by atoms with Crippen LogP contribution in [0.3, 0.4) is 0 Å². The third-order valence-corrected chi connectivity index (χ3v) is 5.57. The molecule has 2 aliphatic heterocycles. The molecule has 3 rings (SSSR count). The number of hydrogen-bond acceptors (Lipinski definition) is 5. The smallest absolute Gasteiger partial charge is 0.307 e. The van der Waals surface area contributed by atoms with Crippen LogP contribution in [0.4, 0.5) is 0 Å². The average molecular weight is 360 g/mol. The molecule has 7 heteroatoms. The maximum atomic E-state index is 12.7. The predicted octanol–water partition coefficient (Wildman–Crippen LogP) is 0.815. The number of aromatic nitrogens is 1. The summed E-state index contributed by atoms with van der Waals surface area (Å²) in [7, 11) is 2.11. The molecule has 7 nitrogen and oxygen atoms in total. The molecule has 142 valence electrons. The molecule has 0 aliphatic carbocycles. The van der Waals surface area contributed by atoms with E-state index in [-0.39, 0.29) is 11.8 Å². The molecule has 1 aromatic heterocycles. The van der Waals surface area contributed by atoms with Crippen LogP contribution in [-0.2, 0) is 16.1 Å². The lowest BCUT2D eigenvalue weighted by atomic mass is 9.86. The lowest BCUT2D eigenvalue weighted by molar-refractivity contribution is -0.146. The molecule has 0 saturated carbocycles. The standard InChI is InChI=1S/C19H28N4O3/c1-22-8-5-17(6-9-22)23-12-14(10-15(13-23)19(25)26)18(24)21-11-16-4-2-3-7-20-16/h2-4,7,14-15,17H,5-6,8-13H2,1H3,(H,21,24)(H,25,26)/t14-,15+/m1/s1. The normalized spacial score (nSPS) is 25.7. The summed E-state index contributed by atoms with van der Waals surface area (Å²) in [4.78, 5) is 33.0. The topological polar surface area (TPSA) is 85.8 Å². The first-order chi connectivity index (χ1) is 12.5. The molecule has 1 aromatic rings. The van der Waals surface area contributed by atoms with E-state index in [2.05, 4.69) is 27.1 Å². The highest BCUT2D eigenvalue weighted by atomic mass is 16.4. The van der Waals surface area contributed by atoms with Crippen LogP contribution in [0.5, 0.6) is 0 Å². The van der Waals surface area contributed by atoms with Gasteiger partial charge in [0.2, 0.25) is 5.91 Å². The predicted molar refractivity (Wildman–Crippen MR) is 97.4 cm³/mol. The number of hydrogen-bond donors (Lipinski definition) is 2. The summed E-state index contributed by atoms with van der Waals surface area (Å²) in [5.74, 6) is -1.63. The van der Waals surface area contributed by atoms with Crippen molar-refractivity contribution in [1.29, 1.82) is 0 Å². The van der Waals surface area contributed by atoms with Crippen molar-refractivity contribution < 1.29 is 14.7 Å². The number of amides is 1. The SMILES string of the molecule is CN1CCC(N2C[C@@H](C(=O)O)C[C@@H](C(=O)NCc3ccccn3)C2)CC1. The fourth-order valence-electron chi connectivity index (χ4n) is 3.99. The second-order valence-electron chi connectivity index (χ2n) is 7.50. The van der Waals surface area contributed by atoms with Crippen molar-refractivity contribution in [1.82, 2.24) is 20.1 Å². The minimum atomic E-state index is -0.801. The summed E-state index contributed by atoms with van der Waals surface area (Å²) in [6.07, 6.45) is 4.17. The summed E-state index contributed by atoms with van der Waals surface area (Å²) in [6.45, 7) is 3.62. The number of carboxylic acids is 1. The Labute approximate surface area is 154 Å². The van der Waals surface area contributed by atoms with E-state index in [1.807, 2.05) is 18.2 Å². The number of likely N-dealkylation sites (tertiary alicyclic amines) is 2. The van der Waals surface area contributed by atoms with Gasteiger partial charge in [0.15, 0.2) is 0 Å². The van der Waals surface area contributed by atoms with Crippen molar-refractivity contribution in [2.45, 2.75) is 31.8 Å². The highest BCUT2D eigenvalue weighted by molar-refractivity contribution is 5.80. The quantitative estimate of drug-likeness (QED) is 0.808. The van der Waals surface area contributed by atoms with Gasteiger partial charge >= 0.3 is 5.97 Å². The molecule has 2 N–H and O–H groups in total. The van der Waals surface area contributed by atoms with Gasteiger partial charge in [-0.3, -0.25) is 19.5 Å². The number of pyridine rings is 1. The van der Waals surface area contributed by atoms with Gasteiger partial charge in [0.1, 0.15) is 0 Å². The molecule has 0 aromatic carbocycles. The fourth-order valence-corrected chi connectivity index (χ4v) is 3.99. The molecule has 2 fully saturated rings. The number of carbonyl (C=O) groups excluding carboxylic acids is 1. The molecule has 3 heterocycles. The maximum Gasteiger partial charge on any atom is 0.307 e. The first kappa shape index (κ1) is 18.8. The van der Waals surface area contributed by atoms with E-state index in [1.54, 1.807) is 6.20 Å². The van der Waals surface area contributed by atoms with Crippen molar-refractivity contribution in [3.8, 4) is 0 Å². The Morgan fingerprint density at radius 2 is 1.96 bits per heavy atom. The van der Waals surface area contributed by atoms with Crippen LogP contribution in [0.15, 0.2) is 24.4 Å². The van der Waals surface area contributed by atoms with Crippen molar-refractivity contribution >= 4 is 11.9 Å². The van der Waals surface area contributed by atoms with Crippen molar-refractivity contribution in [3.05, 3.63) is 30.1 Å². The van der Waals surface area contributed by atoms with Crippen LogP contribution in [0.2, 0.25) is 0 Å². The van der Waals surface area contributed by atoms with E-state index in [9.17, 15) is 14.7 Å². The van der Waals surface area contributed by atoms with Crippen LogP contribution in [-0.4, -0.2) is 71.0 Å². The number of nitrogens with zero attached hydrogens (tertiary/aromatic N) is 3. The fraction of sp³-hybridized carbons (Fsp3) is 0.632. The van der Waals surface area contributed by atoms with Gasteiger partial charge in [-0.05, 0) is 51.5 Å². The van der Waals surface area contributed by atoms with Crippen molar-refractivity contribution in [2.24, 2.45) is 11.8 Å². The van der Waals surface area contributed by atoms with E-state index in [4.69, 9.17) is 0 Å². The molecule has 0 radical (unpaired) electrons. The zero-order valence-corrected chi connectivity index (χ0v) is 15.3. The molecule has 2 saturated heterocycles. The second-order valence-corrected chi connectivity index (χ2v) is 7.50. The third kappa shape index (κ3) is 4.80. The van der Waals surface area contributed by atoms with Crippen LogP contribution in [0.1, 0.15) is 25.0 Å². The summed E-state index contributed by atoms with van der Waals surface area (Å²) in [5, 5.41) is 12.5. The number of carbonyl (C=O) groups is 2. The molecule has 0 bridgehead atoms. The lowest BCUT2D eigenvalue weighted by Crippen LogP contribution is -2.53. The zero-order chi connectivity index (χ0) is 18.5. The molecule has 2 atom stereocenters. The molecular weight excluding hydrogens is 332 g/mol. The third-order valence-electron chi connectivity index (χ3n) is 5.57. The Bertz CT molecular complexity index is 616. The number of aliphatic carboxylic acids is 1. The Morgan fingerprint density at radius 3 is 2.62 bits per heavy atom. The molecule has 1 amide bonds. The minimum Gasteiger partial charge on any atom is -0.481 e. The Kier molecular flexibility index (Phi) is 6.21. The van der Waals surface area contributed by atoms with Gasteiger partial charge in [-0.2, -0.15) is 0 Å². The first-order valence-corrected chi connectivity index (χ1v) is 9.36. The first-order valence-electron chi connectivity index (χ1n) is 9.36. The summed E-state index contributed by atoms with van der Waals surface area (Å²) >= 11 is 0. The number of piperidine rings is 2. The van der Waals surface area contributed by atoms with Crippen LogP contribution in [0, 0.1) is 11.8 Å². The van der Waals surface area contributed by atoms with Gasteiger partial charge in [-0.15, -0.1) is 0 Å². The zero-order valence-electron chi connectivity index (χ0n) is 15.3. The highest BCUT2D eigenvalue weighted by Crippen LogP contribution is 2.27. The van der Waals surface area contributed by atoms with Crippen LogP contribution in [0.25, 0.3) is 0 Å². The Morgan fingerprint density at radius 1 is 1.23 bits per heavy atom. The highest BCUT2D eigenvalue weighted by Gasteiger charge is 2.38. The Balaban J connectivity index is 1.61. The van der Waals surface area contributed by atoms with E-state index in [0.29, 0.717) is 32.1 Å². The van der Waals surface area contributed by atoms with Gasteiger partial charge in [-0.25, -0.2) is 0 Å². The number of carboxylic acid groups (broad SMARTS) is 1. The van der Waals surface area contributed by atoms with Crippen molar-refractivity contribution in [3.63, 3.8) is 0 Å². The molecule has 2 aliphatic rings. The average Bonchev–Trinajstić information content (AvgIpc) is 2.67. The summed E-state index contributed by atoms with van der Waals surface area (Å²) < 4.78 is 0. The molecular formula is C19H28N4O3. The second kappa shape index (κ2) is 8.60. The molecule has 26 heavy (non-hydrogen) atoms. The van der Waals surface area contributed by atoms with Gasteiger partial charge < -0.3 is 15.3 Å². The van der Waals surface area contributed by atoms with Gasteiger partial charge in [-0.1, -0.05) is 6.07 Å². The lowest BCUT2D eigenvalue weighted by Gasteiger charge is -2.43. The number of rotatable bonds is 5. The van der Waals surface area contributed by atoms with Crippen LogP contribution < -0.4 is 5.32 Å². The van der Waals surface area contributed by atoms with Crippen LogP contribution >= 0.6 is 0 Å². The van der Waals surface area contributed by atoms with Gasteiger partial charge in [0.05, 0.1) is 24.1 Å². The Hall–Kier alpha value is -1.99. The van der Waals surface area contributed by atoms with Crippen molar-refractivity contribution in [2.75, 3.05) is 33.2 Å². The van der Waals surface area contributed by atoms with E-state index in [1.165, 1.54) is 0 Å². The monoisotopic (exact) mass is 360 g/mol. The van der Waals surface area contributed by atoms with E-state index in [0.717, 1.165) is 31.6 Å². The summed E-state index contributed by atoms with van der Waals surface area (Å²) in [6, 6.07) is 5.96. The van der Waals surface area contributed by atoms with E-state index >= 15 is 0 Å². The minimum absolute atomic E-state index is 0.0699.